The predicted octanol–water partition coefficient (Wildman–Crippen LogP) is 3.75. The summed E-state index contributed by atoms with van der Waals surface area (Å²) < 4.78 is 22.8. The smallest absolute Gasteiger partial charge is 0.338 e. The second-order valence-electron chi connectivity index (χ2n) is 6.12. The molecule has 1 heterocycles. The SMILES string of the molecule is CCO[C@@H]1C=C[C@H](OC(=O)c2ccccc2)[C@@H](COCc2ccccc2)O1. The highest BCUT2D eigenvalue weighted by atomic mass is 16.7. The summed E-state index contributed by atoms with van der Waals surface area (Å²) in [5, 5.41) is 0. The third-order valence-corrected chi connectivity index (χ3v) is 4.11. The largest absolute Gasteiger partial charge is 0.452 e. The Bertz CT molecular complexity index is 729. The van der Waals surface area contributed by atoms with E-state index in [1.165, 1.54) is 0 Å². The fourth-order valence-electron chi connectivity index (χ4n) is 2.76. The Balaban J connectivity index is 1.61. The number of benzene rings is 2. The number of hydrogen-bond acceptors (Lipinski definition) is 5. The Kier molecular flexibility index (Phi) is 7.16. The van der Waals surface area contributed by atoms with Crippen LogP contribution < -0.4 is 0 Å². The molecule has 0 N–H and O–H groups in total. The van der Waals surface area contributed by atoms with Crippen LogP contribution in [-0.2, 0) is 25.6 Å². The van der Waals surface area contributed by atoms with E-state index in [4.69, 9.17) is 18.9 Å². The number of esters is 1. The van der Waals surface area contributed by atoms with Crippen molar-refractivity contribution in [1.29, 1.82) is 0 Å². The van der Waals surface area contributed by atoms with Gasteiger partial charge in [0.2, 0.25) is 0 Å². The molecule has 0 aliphatic carbocycles. The van der Waals surface area contributed by atoms with E-state index >= 15 is 0 Å². The van der Waals surface area contributed by atoms with Gasteiger partial charge < -0.3 is 18.9 Å². The van der Waals surface area contributed by atoms with Crippen molar-refractivity contribution in [3.05, 3.63) is 83.9 Å². The Labute approximate surface area is 159 Å². The molecule has 0 saturated heterocycles. The quantitative estimate of drug-likeness (QED) is 0.525. The Morgan fingerprint density at radius 3 is 2.41 bits per heavy atom. The lowest BCUT2D eigenvalue weighted by Gasteiger charge is -2.31. The monoisotopic (exact) mass is 368 g/mol. The molecule has 3 atom stereocenters. The van der Waals surface area contributed by atoms with Crippen molar-refractivity contribution in [3.63, 3.8) is 0 Å². The van der Waals surface area contributed by atoms with Gasteiger partial charge in [-0.05, 0) is 36.8 Å². The van der Waals surface area contributed by atoms with Crippen molar-refractivity contribution in [2.75, 3.05) is 13.2 Å². The molecule has 2 aromatic rings. The number of hydrogen-bond donors (Lipinski definition) is 0. The van der Waals surface area contributed by atoms with E-state index in [2.05, 4.69) is 0 Å². The summed E-state index contributed by atoms with van der Waals surface area (Å²) in [6, 6.07) is 18.8. The summed E-state index contributed by atoms with van der Waals surface area (Å²) in [4.78, 5) is 12.4. The molecule has 0 unspecified atom stereocenters. The third-order valence-electron chi connectivity index (χ3n) is 4.11. The van der Waals surface area contributed by atoms with Crippen molar-refractivity contribution >= 4 is 5.97 Å². The van der Waals surface area contributed by atoms with Gasteiger partial charge in [0.15, 0.2) is 6.29 Å². The van der Waals surface area contributed by atoms with E-state index in [0.29, 0.717) is 18.8 Å². The maximum Gasteiger partial charge on any atom is 0.338 e. The first-order valence-electron chi connectivity index (χ1n) is 9.09. The molecule has 0 spiro atoms. The molecule has 5 heteroatoms. The van der Waals surface area contributed by atoms with Gasteiger partial charge in [0, 0.05) is 6.61 Å². The maximum absolute atomic E-state index is 12.4. The highest BCUT2D eigenvalue weighted by Crippen LogP contribution is 2.19. The summed E-state index contributed by atoms with van der Waals surface area (Å²) >= 11 is 0. The van der Waals surface area contributed by atoms with Crippen molar-refractivity contribution in [1.82, 2.24) is 0 Å². The van der Waals surface area contributed by atoms with Crippen LogP contribution in [0.3, 0.4) is 0 Å². The van der Waals surface area contributed by atoms with Crippen molar-refractivity contribution in [2.45, 2.75) is 32.0 Å². The van der Waals surface area contributed by atoms with Gasteiger partial charge in [-0.15, -0.1) is 0 Å². The Morgan fingerprint density at radius 2 is 1.70 bits per heavy atom. The van der Waals surface area contributed by atoms with E-state index in [0.717, 1.165) is 5.56 Å². The maximum atomic E-state index is 12.4. The lowest BCUT2D eigenvalue weighted by atomic mass is 10.1. The van der Waals surface area contributed by atoms with Crippen LogP contribution >= 0.6 is 0 Å². The van der Waals surface area contributed by atoms with Crippen LogP contribution in [0.4, 0.5) is 0 Å². The Hall–Kier alpha value is -2.47. The van der Waals surface area contributed by atoms with Crippen molar-refractivity contribution < 1.29 is 23.7 Å². The van der Waals surface area contributed by atoms with Crippen LogP contribution in [0.1, 0.15) is 22.8 Å². The lowest BCUT2D eigenvalue weighted by molar-refractivity contribution is -0.184. The lowest BCUT2D eigenvalue weighted by Crippen LogP contribution is -2.42. The molecule has 2 aromatic carbocycles. The van der Waals surface area contributed by atoms with Crippen LogP contribution in [0.15, 0.2) is 72.8 Å². The molecule has 1 aliphatic heterocycles. The molecule has 0 amide bonds. The molecule has 5 nitrogen and oxygen atoms in total. The van der Waals surface area contributed by atoms with Gasteiger partial charge in [-0.25, -0.2) is 4.79 Å². The second-order valence-corrected chi connectivity index (χ2v) is 6.12. The molecular formula is C22H24O5. The fraction of sp³-hybridized carbons (Fsp3) is 0.318. The number of carbonyl (C=O) groups excluding carboxylic acids is 1. The summed E-state index contributed by atoms with van der Waals surface area (Å²) in [7, 11) is 0. The van der Waals surface area contributed by atoms with Gasteiger partial charge in [-0.1, -0.05) is 48.5 Å². The Morgan fingerprint density at radius 1 is 1.00 bits per heavy atom. The van der Waals surface area contributed by atoms with E-state index in [-0.39, 0.29) is 6.61 Å². The van der Waals surface area contributed by atoms with Gasteiger partial charge in [0.25, 0.3) is 0 Å². The highest BCUT2D eigenvalue weighted by molar-refractivity contribution is 5.89. The molecule has 0 saturated carbocycles. The van der Waals surface area contributed by atoms with E-state index in [9.17, 15) is 4.79 Å². The van der Waals surface area contributed by atoms with E-state index < -0.39 is 24.5 Å². The molecule has 27 heavy (non-hydrogen) atoms. The summed E-state index contributed by atoms with van der Waals surface area (Å²) in [5.41, 5.74) is 1.57. The third kappa shape index (κ3) is 5.76. The average molecular weight is 368 g/mol. The number of rotatable bonds is 8. The van der Waals surface area contributed by atoms with Crippen LogP contribution in [-0.4, -0.2) is 37.7 Å². The second kappa shape index (κ2) is 10.0. The zero-order chi connectivity index (χ0) is 18.9. The minimum atomic E-state index is -0.537. The molecule has 142 valence electrons. The first-order chi connectivity index (χ1) is 13.3. The fourth-order valence-corrected chi connectivity index (χ4v) is 2.76. The van der Waals surface area contributed by atoms with E-state index in [1.807, 2.05) is 43.3 Å². The summed E-state index contributed by atoms with van der Waals surface area (Å²) in [6.07, 6.45) is 2.13. The number of carbonyl (C=O) groups is 1. The van der Waals surface area contributed by atoms with Crippen molar-refractivity contribution in [3.8, 4) is 0 Å². The van der Waals surface area contributed by atoms with E-state index in [1.54, 1.807) is 36.4 Å². The van der Waals surface area contributed by atoms with Crippen molar-refractivity contribution in [2.24, 2.45) is 0 Å². The minimum Gasteiger partial charge on any atom is -0.452 e. The van der Waals surface area contributed by atoms with Gasteiger partial charge >= 0.3 is 5.97 Å². The standard InChI is InChI=1S/C22H24O5/c1-2-25-21-14-13-19(27-22(23)18-11-7-4-8-12-18)20(26-21)16-24-15-17-9-5-3-6-10-17/h3-14,19-21H,2,15-16H2,1H3/t19-,20+,21-/m0/s1. The molecular weight excluding hydrogens is 344 g/mol. The van der Waals surface area contributed by atoms with Gasteiger partial charge in [-0.3, -0.25) is 0 Å². The normalized spacial score (nSPS) is 21.7. The topological polar surface area (TPSA) is 54.0 Å². The predicted molar refractivity (Wildman–Crippen MR) is 101 cm³/mol. The first kappa shape index (κ1) is 19.3. The van der Waals surface area contributed by atoms with Crippen LogP contribution in [0.5, 0.6) is 0 Å². The molecule has 0 bridgehead atoms. The van der Waals surface area contributed by atoms with Gasteiger partial charge in [0.1, 0.15) is 12.2 Å². The summed E-state index contributed by atoms with van der Waals surface area (Å²) in [6.45, 7) is 3.18. The highest BCUT2D eigenvalue weighted by Gasteiger charge is 2.31. The summed E-state index contributed by atoms with van der Waals surface area (Å²) in [5.74, 6) is -0.392. The molecule has 0 radical (unpaired) electrons. The average Bonchev–Trinajstić information content (AvgIpc) is 2.71. The zero-order valence-corrected chi connectivity index (χ0v) is 15.3. The van der Waals surface area contributed by atoms with Crippen LogP contribution in [0, 0.1) is 0 Å². The first-order valence-corrected chi connectivity index (χ1v) is 9.09. The molecule has 0 aromatic heterocycles. The molecule has 1 aliphatic rings. The molecule has 0 fully saturated rings. The molecule has 3 rings (SSSR count). The van der Waals surface area contributed by atoms with Crippen LogP contribution in [0.25, 0.3) is 0 Å². The number of ether oxygens (including phenoxy) is 4. The zero-order valence-electron chi connectivity index (χ0n) is 15.3. The minimum absolute atomic E-state index is 0.287. The van der Waals surface area contributed by atoms with Gasteiger partial charge in [0.05, 0.1) is 18.8 Å². The van der Waals surface area contributed by atoms with Crippen LogP contribution in [0.2, 0.25) is 0 Å². The van der Waals surface area contributed by atoms with Gasteiger partial charge in [-0.2, -0.15) is 0 Å².